The lowest BCUT2D eigenvalue weighted by Crippen LogP contribution is -2.16. The maximum atomic E-state index is 10.6. The van der Waals surface area contributed by atoms with Gasteiger partial charge in [0.25, 0.3) is 0 Å². The zero-order valence-corrected chi connectivity index (χ0v) is 10.1. The highest BCUT2D eigenvalue weighted by molar-refractivity contribution is 14.1. The van der Waals surface area contributed by atoms with Crippen LogP contribution in [0.25, 0.3) is 0 Å². The van der Waals surface area contributed by atoms with E-state index in [1.54, 1.807) is 18.2 Å². The molecule has 80 valence electrons. The standard InChI is InChI=1S/C9H9IN2O3/c1-15-9(14)12-11-5-6-2-3-8(13)7(10)4-6/h2-5,13H,1H3,(H,12,14)/b11-5+. The highest BCUT2D eigenvalue weighted by Crippen LogP contribution is 2.19. The van der Waals surface area contributed by atoms with Gasteiger partial charge in [-0.2, -0.15) is 5.10 Å². The van der Waals surface area contributed by atoms with Gasteiger partial charge < -0.3 is 9.84 Å². The summed E-state index contributed by atoms with van der Waals surface area (Å²) in [6.07, 6.45) is 0.832. The number of hydrazone groups is 1. The van der Waals surface area contributed by atoms with Gasteiger partial charge in [0.05, 0.1) is 16.9 Å². The molecule has 0 aromatic heterocycles. The fourth-order valence-electron chi connectivity index (χ4n) is 0.809. The quantitative estimate of drug-likeness (QED) is 0.495. The monoisotopic (exact) mass is 320 g/mol. The molecule has 0 aliphatic carbocycles. The molecule has 1 rings (SSSR count). The van der Waals surface area contributed by atoms with Gasteiger partial charge in [0.1, 0.15) is 5.75 Å². The second-order valence-electron chi connectivity index (χ2n) is 2.57. The van der Waals surface area contributed by atoms with Crippen molar-refractivity contribution in [1.29, 1.82) is 0 Å². The maximum absolute atomic E-state index is 10.6. The van der Waals surface area contributed by atoms with E-state index < -0.39 is 6.09 Å². The predicted octanol–water partition coefficient (Wildman–Crippen LogP) is 1.69. The molecule has 2 N–H and O–H groups in total. The molecule has 0 aliphatic rings. The third-order valence-electron chi connectivity index (χ3n) is 1.53. The van der Waals surface area contributed by atoms with Crippen LogP contribution in [0.15, 0.2) is 23.3 Å². The number of halogens is 1. The summed E-state index contributed by atoms with van der Waals surface area (Å²) < 4.78 is 5.04. The minimum Gasteiger partial charge on any atom is -0.507 e. The fourth-order valence-corrected chi connectivity index (χ4v) is 1.35. The third-order valence-corrected chi connectivity index (χ3v) is 2.39. The van der Waals surface area contributed by atoms with Crippen LogP contribution in [0, 0.1) is 3.57 Å². The van der Waals surface area contributed by atoms with E-state index in [9.17, 15) is 9.90 Å². The molecule has 1 aromatic rings. The first kappa shape index (κ1) is 11.8. The summed E-state index contributed by atoms with van der Waals surface area (Å²) in [5.41, 5.74) is 2.93. The molecule has 6 heteroatoms. The van der Waals surface area contributed by atoms with E-state index in [0.29, 0.717) is 0 Å². The summed E-state index contributed by atoms with van der Waals surface area (Å²) in [6.45, 7) is 0. The minimum atomic E-state index is -0.625. The average molecular weight is 320 g/mol. The van der Waals surface area contributed by atoms with Crippen LogP contribution < -0.4 is 5.43 Å². The summed E-state index contributed by atoms with van der Waals surface area (Å²) >= 11 is 2.00. The van der Waals surface area contributed by atoms with Crippen molar-refractivity contribution in [3.8, 4) is 5.75 Å². The number of hydrogen-bond donors (Lipinski definition) is 2. The molecule has 0 aliphatic heterocycles. The Kier molecular flexibility index (Phi) is 4.35. The van der Waals surface area contributed by atoms with E-state index >= 15 is 0 Å². The first-order valence-electron chi connectivity index (χ1n) is 3.99. The lowest BCUT2D eigenvalue weighted by molar-refractivity contribution is 0.171. The highest BCUT2D eigenvalue weighted by atomic mass is 127. The Morgan fingerprint density at radius 1 is 1.67 bits per heavy atom. The molecular weight excluding hydrogens is 311 g/mol. The molecule has 0 saturated heterocycles. The third kappa shape index (κ3) is 3.74. The van der Waals surface area contributed by atoms with Crippen molar-refractivity contribution >= 4 is 34.9 Å². The number of rotatable bonds is 2. The predicted molar refractivity (Wildman–Crippen MR) is 64.0 cm³/mol. The minimum absolute atomic E-state index is 0.216. The van der Waals surface area contributed by atoms with Crippen LogP contribution in [-0.2, 0) is 4.74 Å². The Labute approximate surface area is 100 Å². The summed E-state index contributed by atoms with van der Waals surface area (Å²) in [6, 6.07) is 4.97. The number of phenols is 1. The molecule has 15 heavy (non-hydrogen) atoms. The van der Waals surface area contributed by atoms with E-state index in [2.05, 4.69) is 15.3 Å². The first-order chi connectivity index (χ1) is 7.13. The Balaban J connectivity index is 2.65. The van der Waals surface area contributed by atoms with Gasteiger partial charge in [-0.25, -0.2) is 10.2 Å². The second kappa shape index (κ2) is 5.54. The van der Waals surface area contributed by atoms with Crippen LogP contribution in [0.3, 0.4) is 0 Å². The maximum Gasteiger partial charge on any atom is 0.427 e. The fraction of sp³-hybridized carbons (Fsp3) is 0.111. The second-order valence-corrected chi connectivity index (χ2v) is 3.73. The zero-order valence-electron chi connectivity index (χ0n) is 7.90. The normalized spacial score (nSPS) is 10.3. The van der Waals surface area contributed by atoms with E-state index in [4.69, 9.17) is 0 Å². The van der Waals surface area contributed by atoms with Crippen molar-refractivity contribution in [3.63, 3.8) is 0 Å². The molecule has 0 heterocycles. The molecule has 1 aromatic carbocycles. The summed E-state index contributed by atoms with van der Waals surface area (Å²) in [7, 11) is 1.26. The molecular formula is C9H9IN2O3. The lowest BCUT2D eigenvalue weighted by atomic mass is 10.2. The van der Waals surface area contributed by atoms with Crippen LogP contribution in [-0.4, -0.2) is 24.5 Å². The molecule has 1 amide bonds. The van der Waals surface area contributed by atoms with E-state index in [0.717, 1.165) is 9.13 Å². The summed E-state index contributed by atoms with van der Waals surface area (Å²) in [5, 5.41) is 12.9. The van der Waals surface area contributed by atoms with E-state index in [1.807, 2.05) is 22.6 Å². The van der Waals surface area contributed by atoms with Crippen molar-refractivity contribution in [1.82, 2.24) is 5.43 Å². The molecule has 0 spiro atoms. The van der Waals surface area contributed by atoms with Gasteiger partial charge in [-0.15, -0.1) is 0 Å². The van der Waals surface area contributed by atoms with Gasteiger partial charge in [0.15, 0.2) is 0 Å². The molecule has 0 radical (unpaired) electrons. The molecule has 0 atom stereocenters. The van der Waals surface area contributed by atoms with Crippen molar-refractivity contribution < 1.29 is 14.6 Å². The van der Waals surface area contributed by atoms with Crippen LogP contribution in [0.2, 0.25) is 0 Å². The van der Waals surface area contributed by atoms with Crippen LogP contribution in [0.5, 0.6) is 5.75 Å². The van der Waals surface area contributed by atoms with Crippen molar-refractivity contribution in [2.24, 2.45) is 5.10 Å². The first-order valence-corrected chi connectivity index (χ1v) is 5.07. The van der Waals surface area contributed by atoms with Gasteiger partial charge in [-0.3, -0.25) is 0 Å². The van der Waals surface area contributed by atoms with Gasteiger partial charge in [-0.1, -0.05) is 0 Å². The number of phenolic OH excluding ortho intramolecular Hbond substituents is 1. The largest absolute Gasteiger partial charge is 0.507 e. The smallest absolute Gasteiger partial charge is 0.427 e. The molecule has 0 unspecified atom stereocenters. The number of nitrogens with one attached hydrogen (secondary N) is 1. The number of hydrogen-bond acceptors (Lipinski definition) is 4. The molecule has 5 nitrogen and oxygen atoms in total. The van der Waals surface area contributed by atoms with E-state index in [1.165, 1.54) is 13.3 Å². The van der Waals surface area contributed by atoms with Gasteiger partial charge in [0, 0.05) is 0 Å². The van der Waals surface area contributed by atoms with Crippen LogP contribution >= 0.6 is 22.6 Å². The van der Waals surface area contributed by atoms with Crippen LogP contribution in [0.1, 0.15) is 5.56 Å². The Morgan fingerprint density at radius 3 is 3.00 bits per heavy atom. The molecule has 0 fully saturated rings. The Morgan fingerprint density at radius 2 is 2.40 bits per heavy atom. The van der Waals surface area contributed by atoms with Gasteiger partial charge >= 0.3 is 6.09 Å². The number of ether oxygens (including phenoxy) is 1. The SMILES string of the molecule is COC(=O)N/N=C/c1ccc(O)c(I)c1. The highest BCUT2D eigenvalue weighted by Gasteiger charge is 1.97. The van der Waals surface area contributed by atoms with Crippen molar-refractivity contribution in [3.05, 3.63) is 27.3 Å². The summed E-state index contributed by atoms with van der Waals surface area (Å²) in [5.74, 6) is 0.216. The number of benzene rings is 1. The van der Waals surface area contributed by atoms with Gasteiger partial charge in [0.2, 0.25) is 0 Å². The molecule has 0 bridgehead atoms. The topological polar surface area (TPSA) is 70.9 Å². The van der Waals surface area contributed by atoms with Crippen molar-refractivity contribution in [2.75, 3.05) is 7.11 Å². The number of nitrogens with zero attached hydrogens (tertiary/aromatic N) is 1. The Bertz CT molecular complexity index is 393. The average Bonchev–Trinajstić information content (AvgIpc) is 2.23. The van der Waals surface area contributed by atoms with E-state index in [-0.39, 0.29) is 5.75 Å². The number of amides is 1. The lowest BCUT2D eigenvalue weighted by Gasteiger charge is -1.98. The van der Waals surface area contributed by atoms with Crippen LogP contribution in [0.4, 0.5) is 4.79 Å². The number of carbonyl (C=O) groups excluding carboxylic acids is 1. The Hall–Kier alpha value is -1.31. The zero-order chi connectivity index (χ0) is 11.3. The number of methoxy groups -OCH3 is 1. The number of aromatic hydroxyl groups is 1. The molecule has 0 saturated carbocycles. The number of carbonyl (C=O) groups is 1. The summed E-state index contributed by atoms with van der Waals surface area (Å²) in [4.78, 5) is 10.6. The van der Waals surface area contributed by atoms with Gasteiger partial charge in [-0.05, 0) is 46.4 Å². The van der Waals surface area contributed by atoms with Crippen molar-refractivity contribution in [2.45, 2.75) is 0 Å².